The number of aromatic nitrogens is 7. The van der Waals surface area contributed by atoms with Gasteiger partial charge in [0.1, 0.15) is 17.0 Å². The summed E-state index contributed by atoms with van der Waals surface area (Å²) in [5, 5.41) is 15.4. The lowest BCUT2D eigenvalue weighted by Crippen LogP contribution is -2.48. The number of rotatable bonds is 11. The third kappa shape index (κ3) is 6.79. The van der Waals surface area contributed by atoms with Crippen LogP contribution in [-0.4, -0.2) is 67.6 Å². The van der Waals surface area contributed by atoms with Gasteiger partial charge in [-0.3, -0.25) is 4.79 Å². The SMILES string of the molecule is COc1ccc(Cn2ncc(NC(C)COCc3cn(C4CN(c5ncc(Cl)cn5)C4)nn3)c(C(F)(F)F)c2=O)cc1. The number of anilines is 2. The van der Waals surface area contributed by atoms with Crippen LogP contribution in [0.4, 0.5) is 24.8 Å². The predicted octanol–water partition coefficient (Wildman–Crippen LogP) is 3.43. The van der Waals surface area contributed by atoms with E-state index in [-0.39, 0.29) is 25.8 Å². The third-order valence-electron chi connectivity index (χ3n) is 6.52. The van der Waals surface area contributed by atoms with Gasteiger partial charge in [-0.05, 0) is 24.6 Å². The standard InChI is InChI=1S/C26H27ClF3N9O3/c1-16(14-42-15-19-11-38(36-35-19)20-12-37(13-20)25-31-7-18(27)8-32-25)34-22-9-33-39(24(40)23(22)26(28,29)30)10-17-3-5-21(41-2)6-4-17/h3-9,11,16,20,34H,10,12-15H2,1-2H3. The average molecular weight is 606 g/mol. The Morgan fingerprint density at radius 3 is 2.52 bits per heavy atom. The molecule has 1 fully saturated rings. The van der Waals surface area contributed by atoms with Crippen molar-refractivity contribution in [2.45, 2.75) is 38.3 Å². The average Bonchev–Trinajstić information content (AvgIpc) is 3.38. The van der Waals surface area contributed by atoms with Crippen molar-refractivity contribution < 1.29 is 22.6 Å². The molecular formula is C26H27ClF3N9O3. The zero-order valence-electron chi connectivity index (χ0n) is 22.6. The Bertz CT molecular complexity index is 1560. The summed E-state index contributed by atoms with van der Waals surface area (Å²) in [4.78, 5) is 23.2. The van der Waals surface area contributed by atoms with Crippen molar-refractivity contribution >= 4 is 23.2 Å². The van der Waals surface area contributed by atoms with Gasteiger partial charge in [0.15, 0.2) is 0 Å². The van der Waals surface area contributed by atoms with Crippen molar-refractivity contribution in [3.05, 3.63) is 81.3 Å². The second-order valence-electron chi connectivity index (χ2n) is 9.75. The van der Waals surface area contributed by atoms with Crippen molar-refractivity contribution in [1.82, 2.24) is 34.7 Å². The molecule has 0 bridgehead atoms. The van der Waals surface area contributed by atoms with Gasteiger partial charge in [0.2, 0.25) is 5.95 Å². The highest BCUT2D eigenvalue weighted by molar-refractivity contribution is 6.30. The van der Waals surface area contributed by atoms with E-state index in [9.17, 15) is 18.0 Å². The molecule has 0 amide bonds. The Morgan fingerprint density at radius 2 is 1.86 bits per heavy atom. The van der Waals surface area contributed by atoms with Crippen molar-refractivity contribution in [3.8, 4) is 5.75 Å². The van der Waals surface area contributed by atoms with Gasteiger partial charge in [-0.2, -0.15) is 18.3 Å². The summed E-state index contributed by atoms with van der Waals surface area (Å²) in [7, 11) is 1.50. The Kier molecular flexibility index (Phi) is 8.59. The predicted molar refractivity (Wildman–Crippen MR) is 147 cm³/mol. The Balaban J connectivity index is 1.15. The van der Waals surface area contributed by atoms with E-state index >= 15 is 0 Å². The number of halogens is 4. The summed E-state index contributed by atoms with van der Waals surface area (Å²) in [6, 6.07) is 6.14. The fourth-order valence-corrected chi connectivity index (χ4v) is 4.45. The maximum absolute atomic E-state index is 13.9. The van der Waals surface area contributed by atoms with Crippen LogP contribution >= 0.6 is 11.6 Å². The maximum atomic E-state index is 13.9. The van der Waals surface area contributed by atoms with Crippen LogP contribution in [0, 0.1) is 0 Å². The molecule has 0 radical (unpaired) electrons. The molecule has 42 heavy (non-hydrogen) atoms. The zero-order valence-corrected chi connectivity index (χ0v) is 23.4. The molecule has 0 spiro atoms. The molecule has 1 aliphatic rings. The van der Waals surface area contributed by atoms with Crippen LogP contribution in [0.3, 0.4) is 0 Å². The van der Waals surface area contributed by atoms with E-state index in [1.54, 1.807) is 42.1 Å². The normalized spacial score (nSPS) is 14.5. The van der Waals surface area contributed by atoms with E-state index in [0.717, 1.165) is 10.9 Å². The van der Waals surface area contributed by atoms with Gasteiger partial charge in [0, 0.05) is 19.1 Å². The number of hydrogen-bond acceptors (Lipinski definition) is 10. The first-order chi connectivity index (χ1) is 20.1. The quantitative estimate of drug-likeness (QED) is 0.272. The molecule has 1 saturated heterocycles. The van der Waals surface area contributed by atoms with Crippen molar-refractivity contribution in [1.29, 1.82) is 0 Å². The molecule has 12 nitrogen and oxygen atoms in total. The molecule has 3 aromatic heterocycles. The highest BCUT2D eigenvalue weighted by Crippen LogP contribution is 2.32. The number of methoxy groups -OCH3 is 1. The first-order valence-electron chi connectivity index (χ1n) is 12.9. The Labute approximate surface area is 243 Å². The van der Waals surface area contributed by atoms with E-state index in [4.69, 9.17) is 21.1 Å². The van der Waals surface area contributed by atoms with Gasteiger partial charge in [0.05, 0.1) is 68.4 Å². The van der Waals surface area contributed by atoms with Crippen LogP contribution in [-0.2, 0) is 24.1 Å². The first-order valence-corrected chi connectivity index (χ1v) is 13.3. The van der Waals surface area contributed by atoms with E-state index < -0.39 is 29.0 Å². The summed E-state index contributed by atoms with van der Waals surface area (Å²) >= 11 is 5.83. The van der Waals surface area contributed by atoms with Crippen LogP contribution in [0.15, 0.2) is 53.8 Å². The number of hydrogen-bond donors (Lipinski definition) is 1. The lowest BCUT2D eigenvalue weighted by atomic mass is 10.1. The van der Waals surface area contributed by atoms with Gasteiger partial charge < -0.3 is 19.7 Å². The maximum Gasteiger partial charge on any atom is 0.423 e. The first kappa shape index (κ1) is 29.3. The molecule has 1 N–H and O–H groups in total. The fourth-order valence-electron chi connectivity index (χ4n) is 4.35. The summed E-state index contributed by atoms with van der Waals surface area (Å²) < 4.78 is 55.0. The minimum atomic E-state index is -4.89. The molecule has 5 rings (SSSR count). The fraction of sp³-hybridized carbons (Fsp3) is 0.385. The zero-order chi connectivity index (χ0) is 29.9. The molecule has 4 heterocycles. The van der Waals surface area contributed by atoms with Gasteiger partial charge in [0.25, 0.3) is 5.56 Å². The lowest BCUT2D eigenvalue weighted by Gasteiger charge is -2.38. The van der Waals surface area contributed by atoms with Gasteiger partial charge in [-0.25, -0.2) is 19.3 Å². The van der Waals surface area contributed by atoms with Gasteiger partial charge >= 0.3 is 6.18 Å². The number of nitrogens with zero attached hydrogens (tertiary/aromatic N) is 8. The van der Waals surface area contributed by atoms with Crippen LogP contribution in [0.25, 0.3) is 0 Å². The smallest absolute Gasteiger partial charge is 0.423 e. The molecule has 1 aromatic carbocycles. The molecule has 1 unspecified atom stereocenters. The molecule has 0 saturated carbocycles. The molecule has 222 valence electrons. The van der Waals surface area contributed by atoms with E-state index in [1.807, 2.05) is 4.90 Å². The Morgan fingerprint density at radius 1 is 1.14 bits per heavy atom. The van der Waals surface area contributed by atoms with Crippen LogP contribution in [0.1, 0.15) is 29.8 Å². The van der Waals surface area contributed by atoms with E-state index in [1.165, 1.54) is 19.5 Å². The van der Waals surface area contributed by atoms with Crippen molar-refractivity contribution in [3.63, 3.8) is 0 Å². The second-order valence-corrected chi connectivity index (χ2v) is 10.2. The summed E-state index contributed by atoms with van der Waals surface area (Å²) in [5.74, 6) is 1.17. The van der Waals surface area contributed by atoms with E-state index in [2.05, 4.69) is 30.7 Å². The number of alkyl halides is 3. The van der Waals surface area contributed by atoms with Gasteiger partial charge in [-0.1, -0.05) is 28.9 Å². The molecule has 0 aliphatic carbocycles. The minimum absolute atomic E-state index is 0.0458. The monoisotopic (exact) mass is 605 g/mol. The van der Waals surface area contributed by atoms with Crippen LogP contribution in [0.5, 0.6) is 5.75 Å². The van der Waals surface area contributed by atoms with Crippen LogP contribution in [0.2, 0.25) is 5.02 Å². The highest BCUT2D eigenvalue weighted by Gasteiger charge is 2.38. The third-order valence-corrected chi connectivity index (χ3v) is 6.72. The molecular weight excluding hydrogens is 579 g/mol. The van der Waals surface area contributed by atoms with Crippen molar-refractivity contribution in [2.75, 3.05) is 37.0 Å². The van der Waals surface area contributed by atoms with Gasteiger partial charge in [-0.15, -0.1) is 5.10 Å². The molecule has 4 aromatic rings. The second kappa shape index (κ2) is 12.3. The summed E-state index contributed by atoms with van der Waals surface area (Å²) in [6.45, 7) is 2.98. The summed E-state index contributed by atoms with van der Waals surface area (Å²) in [5.41, 5.74) is -1.81. The summed E-state index contributed by atoms with van der Waals surface area (Å²) in [6.07, 6.45) is 0.954. The Hall–Kier alpha value is -4.24. The van der Waals surface area contributed by atoms with Crippen molar-refractivity contribution in [2.24, 2.45) is 0 Å². The molecule has 16 heteroatoms. The van der Waals surface area contributed by atoms with Crippen LogP contribution < -0.4 is 20.5 Å². The number of benzene rings is 1. The minimum Gasteiger partial charge on any atom is -0.497 e. The molecule has 1 atom stereocenters. The lowest BCUT2D eigenvalue weighted by molar-refractivity contribution is -0.138. The largest absolute Gasteiger partial charge is 0.497 e. The highest BCUT2D eigenvalue weighted by atomic mass is 35.5. The topological polar surface area (TPSA) is 125 Å². The van der Waals surface area contributed by atoms with E-state index in [0.29, 0.717) is 41.1 Å². The molecule has 1 aliphatic heterocycles. The number of nitrogens with one attached hydrogen (secondary N) is 1. The number of ether oxygens (including phenoxy) is 2.